The van der Waals surface area contributed by atoms with E-state index in [4.69, 9.17) is 11.6 Å². The third kappa shape index (κ3) is 3.29. The zero-order valence-corrected chi connectivity index (χ0v) is 9.77. The Bertz CT molecular complexity index is 316. The third-order valence-electron chi connectivity index (χ3n) is 1.37. The number of halogens is 6. The van der Waals surface area contributed by atoms with E-state index >= 15 is 0 Å². The van der Waals surface area contributed by atoms with Crippen LogP contribution >= 0.6 is 39.9 Å². The first-order valence-electron chi connectivity index (χ1n) is 3.22. The van der Waals surface area contributed by atoms with E-state index in [0.29, 0.717) is 5.69 Å². The van der Waals surface area contributed by atoms with E-state index in [9.17, 15) is 13.2 Å². The fraction of sp³-hybridized carbons (Fsp3) is 0.286. The average molecular weight is 311 g/mol. The van der Waals surface area contributed by atoms with Crippen LogP contribution in [0.25, 0.3) is 0 Å². The van der Waals surface area contributed by atoms with Crippen molar-refractivity contribution in [2.24, 2.45) is 0 Å². The molecular weight excluding hydrogens is 306 g/mol. The molecule has 0 aromatic carbocycles. The molecule has 0 saturated carbocycles. The van der Waals surface area contributed by atoms with Gasteiger partial charge in [-0.3, -0.25) is 4.98 Å². The van der Waals surface area contributed by atoms with Crippen molar-refractivity contribution in [1.29, 1.82) is 0 Å². The molecule has 0 saturated heterocycles. The van der Waals surface area contributed by atoms with Gasteiger partial charge in [-0.25, -0.2) is 0 Å². The fourth-order valence-corrected chi connectivity index (χ4v) is 1.58. The maximum absolute atomic E-state index is 12.1. The zero-order chi connectivity index (χ0) is 10.1. The largest absolute Gasteiger partial charge is 0.417 e. The van der Waals surface area contributed by atoms with E-state index < -0.39 is 11.7 Å². The van der Waals surface area contributed by atoms with E-state index in [1.54, 1.807) is 0 Å². The monoisotopic (exact) mass is 309 g/mol. The molecule has 1 rings (SSSR count). The van der Waals surface area contributed by atoms with Crippen molar-refractivity contribution < 1.29 is 13.2 Å². The molecule has 1 aromatic heterocycles. The van der Waals surface area contributed by atoms with Crippen LogP contribution in [0.5, 0.6) is 0 Å². The summed E-state index contributed by atoms with van der Waals surface area (Å²) in [6.45, 7) is 0. The van der Waals surface area contributed by atoms with Gasteiger partial charge in [-0.2, -0.15) is 13.2 Å². The minimum absolute atomic E-state index is 0. The summed E-state index contributed by atoms with van der Waals surface area (Å²) in [4.78, 5) is 3.56. The maximum Gasteiger partial charge on any atom is 0.417 e. The maximum atomic E-state index is 12.1. The van der Waals surface area contributed by atoms with E-state index in [1.165, 1.54) is 0 Å². The lowest BCUT2D eigenvalue weighted by molar-refractivity contribution is -0.137. The van der Waals surface area contributed by atoms with Gasteiger partial charge in [0.25, 0.3) is 0 Å². The van der Waals surface area contributed by atoms with E-state index in [1.807, 2.05) is 0 Å². The standard InChI is InChI=1S/C7H4BrClF3N.ClH/c8-5-1-4(7(10,11)12)3-13-6(5)2-9;/h1,3H,2H2;1H. The third-order valence-corrected chi connectivity index (χ3v) is 2.31. The topological polar surface area (TPSA) is 12.9 Å². The van der Waals surface area contributed by atoms with Crippen molar-refractivity contribution in [1.82, 2.24) is 4.98 Å². The van der Waals surface area contributed by atoms with Gasteiger partial charge in [0.1, 0.15) is 0 Å². The van der Waals surface area contributed by atoms with Gasteiger partial charge in [0.05, 0.1) is 17.1 Å². The Balaban J connectivity index is 0.00000169. The fourth-order valence-electron chi connectivity index (χ4n) is 0.720. The van der Waals surface area contributed by atoms with E-state index in [-0.39, 0.29) is 22.8 Å². The number of pyridine rings is 1. The summed E-state index contributed by atoms with van der Waals surface area (Å²) in [7, 11) is 0. The lowest BCUT2D eigenvalue weighted by atomic mass is 10.2. The summed E-state index contributed by atoms with van der Waals surface area (Å²) >= 11 is 8.38. The second-order valence-corrected chi connectivity index (χ2v) is 3.41. The molecule has 0 unspecified atom stereocenters. The van der Waals surface area contributed by atoms with E-state index in [0.717, 1.165) is 12.3 Å². The van der Waals surface area contributed by atoms with Crippen LogP contribution in [-0.2, 0) is 12.1 Å². The highest BCUT2D eigenvalue weighted by atomic mass is 79.9. The minimum atomic E-state index is -4.36. The zero-order valence-electron chi connectivity index (χ0n) is 6.61. The molecular formula is C7H5BrCl2F3N. The molecule has 0 fully saturated rings. The molecule has 0 aliphatic rings. The Morgan fingerprint density at radius 3 is 2.36 bits per heavy atom. The lowest BCUT2D eigenvalue weighted by Crippen LogP contribution is -2.06. The Kier molecular flexibility index (Phi) is 5.19. The SMILES string of the molecule is Cl.FC(F)(F)c1cnc(CCl)c(Br)c1. The molecule has 0 N–H and O–H groups in total. The smallest absolute Gasteiger partial charge is 0.258 e. The molecule has 0 amide bonds. The van der Waals surface area contributed by atoms with Gasteiger partial charge < -0.3 is 0 Å². The van der Waals surface area contributed by atoms with Gasteiger partial charge in [0, 0.05) is 10.7 Å². The molecule has 14 heavy (non-hydrogen) atoms. The Morgan fingerprint density at radius 1 is 1.43 bits per heavy atom. The first-order valence-corrected chi connectivity index (χ1v) is 4.55. The van der Waals surface area contributed by atoms with Crippen LogP contribution in [0.15, 0.2) is 16.7 Å². The first-order chi connectivity index (χ1) is 5.95. The Hall–Kier alpha value is -0.0000000000000000555. The molecule has 0 aliphatic carbocycles. The molecule has 1 nitrogen and oxygen atoms in total. The second-order valence-electron chi connectivity index (χ2n) is 2.28. The Labute approximate surface area is 98.2 Å². The predicted octanol–water partition coefficient (Wildman–Crippen LogP) is 4.02. The molecule has 0 radical (unpaired) electrons. The highest BCUT2D eigenvalue weighted by Gasteiger charge is 2.31. The second kappa shape index (κ2) is 5.19. The van der Waals surface area contributed by atoms with Crippen molar-refractivity contribution in [2.45, 2.75) is 12.1 Å². The molecule has 1 aromatic rings. The minimum Gasteiger partial charge on any atom is -0.258 e. The predicted molar refractivity (Wildman–Crippen MR) is 53.7 cm³/mol. The van der Waals surface area contributed by atoms with Crippen LogP contribution in [-0.4, -0.2) is 4.98 Å². The number of hydrogen-bond acceptors (Lipinski definition) is 1. The number of nitrogens with zero attached hydrogens (tertiary/aromatic N) is 1. The summed E-state index contributed by atoms with van der Waals surface area (Å²) in [5.41, 5.74) is -0.386. The van der Waals surface area contributed by atoms with Gasteiger partial charge in [-0.1, -0.05) is 0 Å². The molecule has 80 valence electrons. The van der Waals surface area contributed by atoms with Crippen LogP contribution in [0.3, 0.4) is 0 Å². The lowest BCUT2D eigenvalue weighted by Gasteiger charge is -2.07. The van der Waals surface area contributed by atoms with Gasteiger partial charge in [-0.15, -0.1) is 24.0 Å². The molecule has 0 aliphatic heterocycles. The first kappa shape index (κ1) is 14.0. The van der Waals surface area contributed by atoms with Crippen molar-refractivity contribution in [2.75, 3.05) is 0 Å². The molecule has 0 spiro atoms. The van der Waals surface area contributed by atoms with Crippen molar-refractivity contribution in [3.8, 4) is 0 Å². The molecule has 0 bridgehead atoms. The summed E-state index contributed by atoms with van der Waals surface area (Å²) in [6, 6.07) is 0.963. The highest BCUT2D eigenvalue weighted by molar-refractivity contribution is 9.10. The van der Waals surface area contributed by atoms with Crippen molar-refractivity contribution in [3.05, 3.63) is 28.0 Å². The van der Waals surface area contributed by atoms with Crippen LogP contribution in [0, 0.1) is 0 Å². The highest BCUT2D eigenvalue weighted by Crippen LogP contribution is 2.31. The van der Waals surface area contributed by atoms with Gasteiger partial charge >= 0.3 is 6.18 Å². The number of hydrogen-bond donors (Lipinski definition) is 0. The number of rotatable bonds is 1. The average Bonchev–Trinajstić information content (AvgIpc) is 2.02. The van der Waals surface area contributed by atoms with Crippen LogP contribution in [0.1, 0.15) is 11.3 Å². The van der Waals surface area contributed by atoms with Crippen LogP contribution in [0.4, 0.5) is 13.2 Å². The van der Waals surface area contributed by atoms with Crippen molar-refractivity contribution in [3.63, 3.8) is 0 Å². The molecule has 7 heteroatoms. The van der Waals surface area contributed by atoms with E-state index in [2.05, 4.69) is 20.9 Å². The normalized spacial score (nSPS) is 10.9. The van der Waals surface area contributed by atoms with Gasteiger partial charge in [-0.05, 0) is 22.0 Å². The summed E-state index contributed by atoms with van der Waals surface area (Å²) < 4.78 is 36.6. The summed E-state index contributed by atoms with van der Waals surface area (Å²) in [6.07, 6.45) is -3.59. The van der Waals surface area contributed by atoms with Crippen LogP contribution < -0.4 is 0 Å². The number of alkyl halides is 4. The van der Waals surface area contributed by atoms with Gasteiger partial charge in [0.15, 0.2) is 0 Å². The number of aromatic nitrogens is 1. The van der Waals surface area contributed by atoms with Crippen molar-refractivity contribution >= 4 is 39.9 Å². The summed E-state index contributed by atoms with van der Waals surface area (Å²) in [5, 5.41) is 0. The molecule has 0 atom stereocenters. The molecule has 1 heterocycles. The van der Waals surface area contributed by atoms with Gasteiger partial charge in [0.2, 0.25) is 0 Å². The van der Waals surface area contributed by atoms with Crippen LogP contribution in [0.2, 0.25) is 0 Å². The quantitative estimate of drug-likeness (QED) is 0.714. The summed E-state index contributed by atoms with van der Waals surface area (Å²) in [5.74, 6) is 0.0821. The Morgan fingerprint density at radius 2 is 2.00 bits per heavy atom.